The van der Waals surface area contributed by atoms with Crippen molar-refractivity contribution in [2.75, 3.05) is 13.1 Å². The number of allylic oxidation sites excluding steroid dienone is 9. The summed E-state index contributed by atoms with van der Waals surface area (Å²) in [6.45, 7) is 11.2. The fraction of sp³-hybridized carbons (Fsp3) is 0.350. The van der Waals surface area contributed by atoms with Crippen molar-refractivity contribution >= 4 is 5.91 Å². The molecule has 0 aliphatic heterocycles. The molecule has 1 rings (SSSR count). The Morgan fingerprint density at radius 2 is 2.00 bits per heavy atom. The van der Waals surface area contributed by atoms with Gasteiger partial charge in [0.25, 0.3) is 5.91 Å². The topological polar surface area (TPSA) is 20.3 Å². The van der Waals surface area contributed by atoms with Gasteiger partial charge in [0.15, 0.2) is 0 Å². The van der Waals surface area contributed by atoms with Crippen LogP contribution in [-0.2, 0) is 4.79 Å². The first-order valence-corrected chi connectivity index (χ1v) is 7.97. The van der Waals surface area contributed by atoms with Gasteiger partial charge in [-0.15, -0.1) is 0 Å². The van der Waals surface area contributed by atoms with E-state index in [-0.39, 0.29) is 5.91 Å². The molecule has 1 aliphatic carbocycles. The van der Waals surface area contributed by atoms with Crippen molar-refractivity contribution in [1.82, 2.24) is 4.90 Å². The molecule has 0 atom stereocenters. The number of likely N-dealkylation sites (N-methyl/N-ethyl adjacent to an activating group) is 1. The van der Waals surface area contributed by atoms with Gasteiger partial charge in [-0.1, -0.05) is 49.1 Å². The number of nitrogens with zero attached hydrogens (tertiary/aromatic N) is 1. The van der Waals surface area contributed by atoms with E-state index in [9.17, 15) is 4.79 Å². The fourth-order valence-corrected chi connectivity index (χ4v) is 2.34. The Balaban J connectivity index is 2.77. The Labute approximate surface area is 134 Å². The van der Waals surface area contributed by atoms with Gasteiger partial charge in [-0.2, -0.15) is 0 Å². The molecule has 0 saturated carbocycles. The summed E-state index contributed by atoms with van der Waals surface area (Å²) in [6.07, 6.45) is 17.8. The highest BCUT2D eigenvalue weighted by Crippen LogP contribution is 2.19. The molecule has 0 spiro atoms. The zero-order chi connectivity index (χ0) is 16.4. The molecular weight excluding hydrogens is 270 g/mol. The average molecular weight is 297 g/mol. The molecule has 0 fully saturated rings. The summed E-state index contributed by atoms with van der Waals surface area (Å²) in [5.41, 5.74) is 3.27. The molecule has 0 radical (unpaired) electrons. The molecule has 0 bridgehead atoms. The summed E-state index contributed by atoms with van der Waals surface area (Å²) in [4.78, 5) is 14.2. The van der Waals surface area contributed by atoms with Crippen molar-refractivity contribution in [2.45, 2.75) is 33.6 Å². The van der Waals surface area contributed by atoms with Gasteiger partial charge >= 0.3 is 0 Å². The van der Waals surface area contributed by atoms with Gasteiger partial charge in [0.1, 0.15) is 0 Å². The molecular formula is C20H27NO. The van der Waals surface area contributed by atoms with Gasteiger partial charge in [-0.3, -0.25) is 4.79 Å². The molecule has 0 aromatic rings. The summed E-state index contributed by atoms with van der Waals surface area (Å²) >= 11 is 0. The summed E-state index contributed by atoms with van der Waals surface area (Å²) < 4.78 is 0. The zero-order valence-corrected chi connectivity index (χ0v) is 14.0. The van der Waals surface area contributed by atoms with Crippen LogP contribution in [0.2, 0.25) is 0 Å². The number of hydrogen-bond acceptors (Lipinski definition) is 1. The third-order valence-electron chi connectivity index (χ3n) is 3.72. The lowest BCUT2D eigenvalue weighted by molar-refractivity contribution is -0.126. The van der Waals surface area contributed by atoms with E-state index < -0.39 is 0 Å². The maximum absolute atomic E-state index is 12.4. The number of carbonyl (C=O) groups excluding carboxylic acids is 1. The van der Waals surface area contributed by atoms with E-state index in [2.05, 4.69) is 30.9 Å². The van der Waals surface area contributed by atoms with Crippen LogP contribution in [0.1, 0.15) is 33.6 Å². The minimum absolute atomic E-state index is 0.119. The van der Waals surface area contributed by atoms with Gasteiger partial charge in [-0.05, 0) is 50.8 Å². The molecule has 22 heavy (non-hydrogen) atoms. The van der Waals surface area contributed by atoms with E-state index in [0.717, 1.165) is 31.5 Å². The lowest BCUT2D eigenvalue weighted by Crippen LogP contribution is -2.31. The highest BCUT2D eigenvalue weighted by Gasteiger charge is 2.13. The standard InChI is InChI=1S/C20H27NO/c1-5-9-11-17(6-2)16-18-12-10-13-19(15-14-18)20(22)21(7-3)8-4/h5-6,9,11-15H,1,7-8,10,16H2,2-4H3/b11-9-,17-6+. The van der Waals surface area contributed by atoms with Crippen molar-refractivity contribution in [1.29, 1.82) is 0 Å². The van der Waals surface area contributed by atoms with Crippen molar-refractivity contribution in [3.8, 4) is 0 Å². The van der Waals surface area contributed by atoms with E-state index in [1.54, 1.807) is 6.08 Å². The maximum Gasteiger partial charge on any atom is 0.253 e. The van der Waals surface area contributed by atoms with Gasteiger partial charge < -0.3 is 4.90 Å². The second kappa shape index (κ2) is 9.78. The van der Waals surface area contributed by atoms with E-state index >= 15 is 0 Å². The quantitative estimate of drug-likeness (QED) is 0.621. The van der Waals surface area contributed by atoms with Crippen LogP contribution in [-0.4, -0.2) is 23.9 Å². The summed E-state index contributed by atoms with van der Waals surface area (Å²) in [7, 11) is 0. The lowest BCUT2D eigenvalue weighted by atomic mass is 10.0. The highest BCUT2D eigenvalue weighted by molar-refractivity contribution is 5.96. The van der Waals surface area contributed by atoms with Crippen LogP contribution < -0.4 is 0 Å². The Morgan fingerprint density at radius 3 is 2.59 bits per heavy atom. The van der Waals surface area contributed by atoms with Crippen LogP contribution >= 0.6 is 0 Å². The first-order valence-electron chi connectivity index (χ1n) is 7.97. The van der Waals surface area contributed by atoms with Crippen LogP contribution in [0.3, 0.4) is 0 Å². The molecule has 2 nitrogen and oxygen atoms in total. The van der Waals surface area contributed by atoms with Gasteiger partial charge in [-0.25, -0.2) is 0 Å². The molecule has 0 aromatic carbocycles. The first kappa shape index (κ1) is 18.0. The zero-order valence-electron chi connectivity index (χ0n) is 14.0. The van der Waals surface area contributed by atoms with Crippen molar-refractivity contribution in [3.63, 3.8) is 0 Å². The molecule has 0 aromatic heterocycles. The predicted octanol–water partition coefficient (Wildman–Crippen LogP) is 4.75. The van der Waals surface area contributed by atoms with Crippen molar-refractivity contribution in [3.05, 3.63) is 71.9 Å². The Kier molecular flexibility index (Phi) is 7.98. The molecule has 0 saturated heterocycles. The monoisotopic (exact) mass is 297 g/mol. The van der Waals surface area contributed by atoms with Crippen molar-refractivity contribution in [2.24, 2.45) is 0 Å². The molecule has 2 heteroatoms. The number of carbonyl (C=O) groups is 1. The van der Waals surface area contributed by atoms with Crippen LogP contribution in [0.4, 0.5) is 0 Å². The molecule has 1 amide bonds. The van der Waals surface area contributed by atoms with Crippen LogP contribution in [0.25, 0.3) is 0 Å². The summed E-state index contributed by atoms with van der Waals surface area (Å²) in [5.74, 6) is 0.119. The number of hydrogen-bond donors (Lipinski definition) is 0. The van der Waals surface area contributed by atoms with Crippen LogP contribution in [0, 0.1) is 0 Å². The third kappa shape index (κ3) is 5.36. The minimum atomic E-state index is 0.119. The van der Waals surface area contributed by atoms with E-state index in [1.807, 2.05) is 43.9 Å². The third-order valence-corrected chi connectivity index (χ3v) is 3.72. The Hall–Kier alpha value is -2.09. The molecule has 1 aliphatic rings. The second-order valence-corrected chi connectivity index (χ2v) is 5.12. The number of amides is 1. The van der Waals surface area contributed by atoms with Crippen molar-refractivity contribution < 1.29 is 4.79 Å². The van der Waals surface area contributed by atoms with E-state index in [4.69, 9.17) is 0 Å². The normalized spacial score (nSPS) is 15.3. The Bertz CT molecular complexity index is 540. The smallest absolute Gasteiger partial charge is 0.253 e. The van der Waals surface area contributed by atoms with E-state index in [0.29, 0.717) is 0 Å². The lowest BCUT2D eigenvalue weighted by Gasteiger charge is -2.18. The summed E-state index contributed by atoms with van der Waals surface area (Å²) in [6, 6.07) is 0. The maximum atomic E-state index is 12.4. The fourth-order valence-electron chi connectivity index (χ4n) is 2.34. The Morgan fingerprint density at radius 1 is 1.27 bits per heavy atom. The SMILES string of the molecule is C=C/C=C\C(=C/C)CC1=CCC=C(C(=O)N(CC)CC)C=C1. The summed E-state index contributed by atoms with van der Waals surface area (Å²) in [5, 5.41) is 0. The van der Waals surface area contributed by atoms with Gasteiger partial charge in [0.05, 0.1) is 0 Å². The highest BCUT2D eigenvalue weighted by atomic mass is 16.2. The number of rotatable bonds is 7. The van der Waals surface area contributed by atoms with Crippen LogP contribution in [0.15, 0.2) is 71.9 Å². The van der Waals surface area contributed by atoms with Gasteiger partial charge in [0, 0.05) is 18.7 Å². The molecule has 0 N–H and O–H groups in total. The second-order valence-electron chi connectivity index (χ2n) is 5.12. The molecule has 0 unspecified atom stereocenters. The van der Waals surface area contributed by atoms with Gasteiger partial charge in [0.2, 0.25) is 0 Å². The predicted molar refractivity (Wildman–Crippen MR) is 95.6 cm³/mol. The van der Waals surface area contributed by atoms with E-state index in [1.165, 1.54) is 11.1 Å². The minimum Gasteiger partial charge on any atom is -0.339 e. The van der Waals surface area contributed by atoms with Crippen LogP contribution in [0.5, 0.6) is 0 Å². The largest absolute Gasteiger partial charge is 0.339 e. The molecule has 0 heterocycles. The average Bonchev–Trinajstić information content (AvgIpc) is 2.78. The first-order chi connectivity index (χ1) is 10.7. The molecule has 118 valence electrons.